The number of carbonyl (C=O) groups excluding carboxylic acids is 2. The van der Waals surface area contributed by atoms with Crippen LogP contribution in [0.2, 0.25) is 5.02 Å². The molecule has 2 amide bonds. The molecule has 0 saturated heterocycles. The van der Waals surface area contributed by atoms with E-state index in [0.29, 0.717) is 31.0 Å². The minimum absolute atomic E-state index is 0.00672. The van der Waals surface area contributed by atoms with Gasteiger partial charge in [-0.3, -0.25) is 9.59 Å². The van der Waals surface area contributed by atoms with Gasteiger partial charge in [-0.1, -0.05) is 72.3 Å². The van der Waals surface area contributed by atoms with Crippen LogP contribution >= 0.6 is 23.4 Å². The normalized spacial score (nSPS) is 11.6. The molecule has 0 saturated carbocycles. The number of hydrogen-bond donors (Lipinski definition) is 1. The number of rotatable bonds is 12. The van der Waals surface area contributed by atoms with Gasteiger partial charge < -0.3 is 10.2 Å². The number of benzene rings is 3. The van der Waals surface area contributed by atoms with Gasteiger partial charge in [0, 0.05) is 35.8 Å². The molecule has 34 heavy (non-hydrogen) atoms. The Labute approximate surface area is 211 Å². The first-order valence-corrected chi connectivity index (χ1v) is 13.0. The fraction of sp³-hybridized carbons (Fsp3) is 0.286. The van der Waals surface area contributed by atoms with Crippen LogP contribution in [0, 0.1) is 0 Å². The second-order valence-corrected chi connectivity index (χ2v) is 9.62. The van der Waals surface area contributed by atoms with Crippen molar-refractivity contribution in [3.8, 4) is 0 Å². The Morgan fingerprint density at radius 1 is 0.912 bits per heavy atom. The van der Waals surface area contributed by atoms with Crippen LogP contribution in [-0.4, -0.2) is 35.1 Å². The lowest BCUT2D eigenvalue weighted by Gasteiger charge is -2.31. The zero-order valence-electron chi connectivity index (χ0n) is 19.5. The van der Waals surface area contributed by atoms with Gasteiger partial charge in [0.25, 0.3) is 0 Å². The third-order valence-electron chi connectivity index (χ3n) is 5.44. The molecule has 0 aliphatic rings. The predicted molar refractivity (Wildman–Crippen MR) is 141 cm³/mol. The number of amides is 2. The molecule has 0 aromatic heterocycles. The van der Waals surface area contributed by atoms with E-state index in [1.807, 2.05) is 91.9 Å². The van der Waals surface area contributed by atoms with Crippen molar-refractivity contribution >= 4 is 35.2 Å². The summed E-state index contributed by atoms with van der Waals surface area (Å²) in [6, 6.07) is 26.9. The van der Waals surface area contributed by atoms with Crippen LogP contribution in [0.25, 0.3) is 0 Å². The maximum Gasteiger partial charge on any atom is 0.243 e. The third-order valence-corrected chi connectivity index (χ3v) is 6.79. The Balaban J connectivity index is 1.73. The van der Waals surface area contributed by atoms with E-state index in [2.05, 4.69) is 5.32 Å². The van der Waals surface area contributed by atoms with E-state index in [1.165, 1.54) is 0 Å². The molecule has 4 nitrogen and oxygen atoms in total. The molecule has 0 bridgehead atoms. The van der Waals surface area contributed by atoms with E-state index >= 15 is 0 Å². The van der Waals surface area contributed by atoms with Crippen molar-refractivity contribution in [2.75, 3.05) is 12.3 Å². The molecular formula is C28H31ClN2O2S. The van der Waals surface area contributed by atoms with E-state index in [0.717, 1.165) is 28.2 Å². The molecular weight excluding hydrogens is 464 g/mol. The van der Waals surface area contributed by atoms with Crippen molar-refractivity contribution in [3.05, 3.63) is 101 Å². The number of nitrogens with zero attached hydrogens (tertiary/aromatic N) is 1. The minimum atomic E-state index is -0.570. The number of carbonyl (C=O) groups is 2. The van der Waals surface area contributed by atoms with Gasteiger partial charge in [-0.05, 0) is 54.5 Å². The Morgan fingerprint density at radius 3 is 2.15 bits per heavy atom. The molecule has 3 aromatic carbocycles. The molecule has 0 fully saturated rings. The summed E-state index contributed by atoms with van der Waals surface area (Å²) in [6.45, 7) is 2.82. The first kappa shape index (κ1) is 25.9. The molecule has 0 unspecified atom stereocenters. The average Bonchev–Trinajstić information content (AvgIpc) is 2.86. The molecule has 0 aliphatic heterocycles. The molecule has 6 heteroatoms. The highest BCUT2D eigenvalue weighted by atomic mass is 35.5. The van der Waals surface area contributed by atoms with Gasteiger partial charge >= 0.3 is 0 Å². The second kappa shape index (κ2) is 13.8. The molecule has 0 spiro atoms. The highest BCUT2D eigenvalue weighted by Gasteiger charge is 2.29. The largest absolute Gasteiger partial charge is 0.355 e. The number of likely N-dealkylation sites (N-methyl/N-ethyl adjacent to an activating group) is 1. The van der Waals surface area contributed by atoms with Crippen LogP contribution in [0.3, 0.4) is 0 Å². The van der Waals surface area contributed by atoms with Crippen molar-refractivity contribution in [1.29, 1.82) is 0 Å². The van der Waals surface area contributed by atoms with Crippen LogP contribution in [0.4, 0.5) is 0 Å². The fourth-order valence-electron chi connectivity index (χ4n) is 3.71. The van der Waals surface area contributed by atoms with E-state index in [1.54, 1.807) is 16.7 Å². The van der Waals surface area contributed by atoms with Gasteiger partial charge in [-0.2, -0.15) is 0 Å². The summed E-state index contributed by atoms with van der Waals surface area (Å²) in [5.41, 5.74) is 2.04. The van der Waals surface area contributed by atoms with Gasteiger partial charge in [-0.15, -0.1) is 11.8 Å². The summed E-state index contributed by atoms with van der Waals surface area (Å²) in [5.74, 6) is 0.691. The van der Waals surface area contributed by atoms with Gasteiger partial charge in [0.15, 0.2) is 0 Å². The van der Waals surface area contributed by atoms with Gasteiger partial charge in [0.1, 0.15) is 6.04 Å². The zero-order valence-corrected chi connectivity index (χ0v) is 21.0. The van der Waals surface area contributed by atoms with Crippen molar-refractivity contribution < 1.29 is 9.59 Å². The maximum atomic E-state index is 13.5. The van der Waals surface area contributed by atoms with Crippen LogP contribution in [-0.2, 0) is 22.6 Å². The summed E-state index contributed by atoms with van der Waals surface area (Å²) >= 11 is 7.66. The molecule has 1 N–H and O–H groups in total. The lowest BCUT2D eigenvalue weighted by molar-refractivity contribution is -0.141. The Bertz CT molecular complexity index is 1030. The third kappa shape index (κ3) is 8.23. The smallest absolute Gasteiger partial charge is 0.243 e. The number of nitrogens with one attached hydrogen (secondary N) is 1. The second-order valence-electron chi connectivity index (χ2n) is 8.01. The summed E-state index contributed by atoms with van der Waals surface area (Å²) in [7, 11) is 0. The van der Waals surface area contributed by atoms with E-state index in [-0.39, 0.29) is 11.8 Å². The first-order valence-electron chi connectivity index (χ1n) is 11.6. The Morgan fingerprint density at radius 2 is 1.53 bits per heavy atom. The molecule has 0 heterocycles. The standard InChI is InChI=1S/C28H31ClN2O2S/c1-2-30-28(33)26(20-22-10-5-3-6-11-22)31(21-23-12-7-4-8-13-23)27(32)14-9-19-34-25-17-15-24(29)16-18-25/h3-8,10-13,15-18,26H,2,9,14,19-21H2,1H3,(H,30,33)/t26-/m0/s1. The quantitative estimate of drug-likeness (QED) is 0.248. The van der Waals surface area contributed by atoms with Crippen LogP contribution in [0.1, 0.15) is 30.9 Å². The molecule has 0 radical (unpaired) electrons. The van der Waals surface area contributed by atoms with Gasteiger partial charge in [-0.25, -0.2) is 0 Å². The number of thioether (sulfide) groups is 1. The lowest BCUT2D eigenvalue weighted by atomic mass is 10.0. The molecule has 1 atom stereocenters. The Hall–Kier alpha value is -2.76. The van der Waals surface area contributed by atoms with E-state index in [4.69, 9.17) is 11.6 Å². The highest BCUT2D eigenvalue weighted by Crippen LogP contribution is 2.22. The summed E-state index contributed by atoms with van der Waals surface area (Å²) in [4.78, 5) is 29.4. The SMILES string of the molecule is CCNC(=O)[C@H](Cc1ccccc1)N(Cc1ccccc1)C(=O)CCCSc1ccc(Cl)cc1. The van der Waals surface area contributed by atoms with Crippen molar-refractivity contribution in [3.63, 3.8) is 0 Å². The Kier molecular flexibility index (Phi) is 10.5. The maximum absolute atomic E-state index is 13.5. The fourth-order valence-corrected chi connectivity index (χ4v) is 4.69. The van der Waals surface area contributed by atoms with Crippen LogP contribution in [0.15, 0.2) is 89.8 Å². The van der Waals surface area contributed by atoms with Gasteiger partial charge in [0.2, 0.25) is 11.8 Å². The van der Waals surface area contributed by atoms with Crippen LogP contribution < -0.4 is 5.32 Å². The predicted octanol–water partition coefficient (Wildman–Crippen LogP) is 5.99. The monoisotopic (exact) mass is 494 g/mol. The number of halogens is 1. The number of hydrogen-bond acceptors (Lipinski definition) is 3. The van der Waals surface area contributed by atoms with Crippen LogP contribution in [0.5, 0.6) is 0 Å². The van der Waals surface area contributed by atoms with E-state index in [9.17, 15) is 9.59 Å². The van der Waals surface area contributed by atoms with Gasteiger partial charge in [0.05, 0.1) is 0 Å². The lowest BCUT2D eigenvalue weighted by Crippen LogP contribution is -2.50. The zero-order chi connectivity index (χ0) is 24.2. The molecule has 0 aliphatic carbocycles. The first-order chi connectivity index (χ1) is 16.6. The van der Waals surface area contributed by atoms with Crippen molar-refractivity contribution in [1.82, 2.24) is 10.2 Å². The summed E-state index contributed by atoms with van der Waals surface area (Å²) in [5, 5.41) is 3.65. The topological polar surface area (TPSA) is 49.4 Å². The summed E-state index contributed by atoms with van der Waals surface area (Å²) < 4.78 is 0. The average molecular weight is 495 g/mol. The highest BCUT2D eigenvalue weighted by molar-refractivity contribution is 7.99. The molecule has 3 aromatic rings. The minimum Gasteiger partial charge on any atom is -0.355 e. The summed E-state index contributed by atoms with van der Waals surface area (Å²) in [6.07, 6.45) is 1.59. The molecule has 3 rings (SSSR count). The van der Waals surface area contributed by atoms with Crippen molar-refractivity contribution in [2.45, 2.75) is 43.7 Å². The van der Waals surface area contributed by atoms with E-state index < -0.39 is 6.04 Å². The van der Waals surface area contributed by atoms with Crippen molar-refractivity contribution in [2.24, 2.45) is 0 Å². The molecule has 178 valence electrons.